The van der Waals surface area contributed by atoms with E-state index in [1.807, 2.05) is 24.3 Å². The summed E-state index contributed by atoms with van der Waals surface area (Å²) in [6.45, 7) is 6.45. The molecule has 102 valence electrons. The van der Waals surface area contributed by atoms with E-state index in [9.17, 15) is 0 Å². The van der Waals surface area contributed by atoms with E-state index in [2.05, 4.69) is 35.0 Å². The molecule has 2 rings (SSSR count). The molecule has 0 atom stereocenters. The highest BCUT2D eigenvalue weighted by molar-refractivity contribution is 8.00. The second kappa shape index (κ2) is 6.11. The van der Waals surface area contributed by atoms with Crippen LogP contribution in [-0.2, 0) is 6.54 Å². The van der Waals surface area contributed by atoms with Crippen LogP contribution in [0, 0.1) is 0 Å². The van der Waals surface area contributed by atoms with Crippen molar-refractivity contribution in [2.24, 2.45) is 0 Å². The second-order valence-corrected chi connectivity index (χ2v) is 6.86. The highest BCUT2D eigenvalue weighted by Gasteiger charge is 2.32. The molecule has 0 aromatic carbocycles. The summed E-state index contributed by atoms with van der Waals surface area (Å²) in [5, 5.41) is 3.64. The minimum absolute atomic E-state index is 0.489. The molecular weight excluding hydrogens is 242 g/mol. The number of rotatable bonds is 6. The standard InChI is InChI=1S/C14H25N3S/c1-12(2)17-11-16-9-13(17)8-15-10-14(18-3)6-4-5-7-14/h9,11-12,15H,4-8,10H2,1-3H3. The summed E-state index contributed by atoms with van der Waals surface area (Å²) in [6, 6.07) is 0.491. The quantitative estimate of drug-likeness (QED) is 0.858. The molecule has 0 spiro atoms. The van der Waals surface area contributed by atoms with Gasteiger partial charge in [-0.15, -0.1) is 0 Å². The third-order valence-corrected chi connectivity index (χ3v) is 5.42. The Labute approximate surface area is 115 Å². The van der Waals surface area contributed by atoms with E-state index in [-0.39, 0.29) is 0 Å². The Hall–Kier alpha value is -0.480. The lowest BCUT2D eigenvalue weighted by Crippen LogP contribution is -2.35. The van der Waals surface area contributed by atoms with Crippen LogP contribution in [0.25, 0.3) is 0 Å². The summed E-state index contributed by atoms with van der Waals surface area (Å²) in [6.07, 6.45) is 11.7. The Morgan fingerprint density at radius 2 is 2.17 bits per heavy atom. The van der Waals surface area contributed by atoms with Crippen LogP contribution in [-0.4, -0.2) is 27.1 Å². The van der Waals surface area contributed by atoms with Gasteiger partial charge in [-0.1, -0.05) is 12.8 Å². The van der Waals surface area contributed by atoms with Gasteiger partial charge < -0.3 is 9.88 Å². The second-order valence-electron chi connectivity index (χ2n) is 5.58. The fraction of sp³-hybridized carbons (Fsp3) is 0.786. The Morgan fingerprint density at radius 1 is 1.44 bits per heavy atom. The van der Waals surface area contributed by atoms with Crippen molar-refractivity contribution in [2.45, 2.75) is 56.9 Å². The zero-order valence-corrected chi connectivity index (χ0v) is 12.6. The van der Waals surface area contributed by atoms with Crippen LogP contribution in [0.4, 0.5) is 0 Å². The molecule has 1 aromatic heterocycles. The van der Waals surface area contributed by atoms with Gasteiger partial charge in [0.15, 0.2) is 0 Å². The van der Waals surface area contributed by atoms with Gasteiger partial charge in [-0.25, -0.2) is 4.98 Å². The van der Waals surface area contributed by atoms with Crippen LogP contribution >= 0.6 is 11.8 Å². The predicted molar refractivity (Wildman–Crippen MR) is 79.0 cm³/mol. The van der Waals surface area contributed by atoms with Crippen molar-refractivity contribution >= 4 is 11.8 Å². The van der Waals surface area contributed by atoms with E-state index >= 15 is 0 Å². The molecule has 0 amide bonds. The average molecular weight is 267 g/mol. The fourth-order valence-corrected chi connectivity index (χ4v) is 3.77. The van der Waals surface area contributed by atoms with E-state index in [1.165, 1.54) is 31.4 Å². The van der Waals surface area contributed by atoms with Gasteiger partial charge in [0, 0.05) is 30.1 Å². The van der Waals surface area contributed by atoms with Crippen molar-refractivity contribution in [1.82, 2.24) is 14.9 Å². The monoisotopic (exact) mass is 267 g/mol. The molecule has 0 bridgehead atoms. The van der Waals surface area contributed by atoms with E-state index < -0.39 is 0 Å². The van der Waals surface area contributed by atoms with Crippen LogP contribution in [0.5, 0.6) is 0 Å². The van der Waals surface area contributed by atoms with Crippen LogP contribution in [0.1, 0.15) is 51.3 Å². The van der Waals surface area contributed by atoms with Crippen molar-refractivity contribution in [2.75, 3.05) is 12.8 Å². The maximum atomic E-state index is 4.25. The largest absolute Gasteiger partial charge is 0.331 e. The van der Waals surface area contributed by atoms with E-state index in [0.29, 0.717) is 10.8 Å². The number of nitrogens with zero attached hydrogens (tertiary/aromatic N) is 2. The van der Waals surface area contributed by atoms with Crippen molar-refractivity contribution in [1.29, 1.82) is 0 Å². The Bertz CT molecular complexity index is 367. The molecule has 1 aromatic rings. The molecule has 0 radical (unpaired) electrons. The lowest BCUT2D eigenvalue weighted by Gasteiger charge is -2.27. The third-order valence-electron chi connectivity index (χ3n) is 4.00. The van der Waals surface area contributed by atoms with Crippen molar-refractivity contribution in [3.8, 4) is 0 Å². The summed E-state index contributed by atoms with van der Waals surface area (Å²) >= 11 is 2.04. The SMILES string of the molecule is CSC1(CNCc2cncn2C(C)C)CCCC1. The van der Waals surface area contributed by atoms with Crippen molar-refractivity contribution < 1.29 is 0 Å². The zero-order valence-electron chi connectivity index (χ0n) is 11.8. The maximum Gasteiger partial charge on any atom is 0.0951 e. The minimum Gasteiger partial charge on any atom is -0.331 e. The first-order valence-electron chi connectivity index (χ1n) is 6.93. The van der Waals surface area contributed by atoms with Gasteiger partial charge >= 0.3 is 0 Å². The van der Waals surface area contributed by atoms with E-state index in [0.717, 1.165) is 13.1 Å². The van der Waals surface area contributed by atoms with Gasteiger partial charge in [0.1, 0.15) is 0 Å². The Balaban J connectivity index is 1.86. The molecule has 0 unspecified atom stereocenters. The number of hydrogen-bond acceptors (Lipinski definition) is 3. The molecule has 0 aliphatic heterocycles. The Morgan fingerprint density at radius 3 is 2.78 bits per heavy atom. The number of thioether (sulfide) groups is 1. The van der Waals surface area contributed by atoms with Gasteiger partial charge in [0.05, 0.1) is 12.0 Å². The number of hydrogen-bond donors (Lipinski definition) is 1. The third kappa shape index (κ3) is 3.09. The van der Waals surface area contributed by atoms with Gasteiger partial charge in [-0.3, -0.25) is 0 Å². The normalized spacial score (nSPS) is 18.7. The molecule has 0 saturated heterocycles. The molecule has 18 heavy (non-hydrogen) atoms. The van der Waals surface area contributed by atoms with Crippen LogP contribution in [0.2, 0.25) is 0 Å². The minimum atomic E-state index is 0.489. The van der Waals surface area contributed by atoms with Gasteiger partial charge in [0.2, 0.25) is 0 Å². The van der Waals surface area contributed by atoms with Crippen LogP contribution in [0.3, 0.4) is 0 Å². The number of aromatic nitrogens is 2. The number of imidazole rings is 1. The first kappa shape index (κ1) is 13.9. The number of nitrogens with one attached hydrogen (secondary N) is 1. The molecule has 1 aliphatic carbocycles. The van der Waals surface area contributed by atoms with Crippen LogP contribution < -0.4 is 5.32 Å². The zero-order chi connectivity index (χ0) is 13.0. The van der Waals surface area contributed by atoms with Gasteiger partial charge in [-0.2, -0.15) is 11.8 Å². The van der Waals surface area contributed by atoms with E-state index in [4.69, 9.17) is 0 Å². The molecule has 4 heteroatoms. The molecular formula is C14H25N3S. The van der Waals surface area contributed by atoms with E-state index in [1.54, 1.807) is 0 Å². The lowest BCUT2D eigenvalue weighted by atomic mass is 10.1. The lowest BCUT2D eigenvalue weighted by molar-refractivity contribution is 0.507. The molecule has 1 fully saturated rings. The van der Waals surface area contributed by atoms with Gasteiger partial charge in [-0.05, 0) is 32.9 Å². The van der Waals surface area contributed by atoms with Crippen molar-refractivity contribution in [3.63, 3.8) is 0 Å². The fourth-order valence-electron chi connectivity index (χ4n) is 2.82. The molecule has 1 aliphatic rings. The molecule has 3 nitrogen and oxygen atoms in total. The summed E-state index contributed by atoms with van der Waals surface area (Å²) < 4.78 is 2.73. The van der Waals surface area contributed by atoms with Crippen molar-refractivity contribution in [3.05, 3.63) is 18.2 Å². The van der Waals surface area contributed by atoms with Crippen LogP contribution in [0.15, 0.2) is 12.5 Å². The summed E-state index contributed by atoms with van der Waals surface area (Å²) in [4.78, 5) is 4.25. The first-order chi connectivity index (χ1) is 8.67. The van der Waals surface area contributed by atoms with Gasteiger partial charge in [0.25, 0.3) is 0 Å². The predicted octanol–water partition coefficient (Wildman–Crippen LogP) is 3.23. The smallest absolute Gasteiger partial charge is 0.0951 e. The highest BCUT2D eigenvalue weighted by Crippen LogP contribution is 2.39. The average Bonchev–Trinajstić information content (AvgIpc) is 2.98. The maximum absolute atomic E-state index is 4.25. The summed E-state index contributed by atoms with van der Waals surface area (Å²) in [5.41, 5.74) is 1.29. The molecule has 1 N–H and O–H groups in total. The summed E-state index contributed by atoms with van der Waals surface area (Å²) in [7, 11) is 0. The topological polar surface area (TPSA) is 29.9 Å². The molecule has 1 saturated carbocycles. The highest BCUT2D eigenvalue weighted by atomic mass is 32.2. The summed E-state index contributed by atoms with van der Waals surface area (Å²) in [5.74, 6) is 0. The Kier molecular flexibility index (Phi) is 4.73. The first-order valence-corrected chi connectivity index (χ1v) is 8.16. The molecule has 1 heterocycles.